The van der Waals surface area contributed by atoms with E-state index in [-0.39, 0.29) is 12.3 Å². The first-order valence-corrected chi connectivity index (χ1v) is 6.38. The predicted octanol–water partition coefficient (Wildman–Crippen LogP) is 3.33. The number of nitrogens with two attached hydrogens (primary N) is 1. The lowest BCUT2D eigenvalue weighted by Gasteiger charge is -2.10. The topological polar surface area (TPSA) is 78.4 Å². The molecule has 1 unspecified atom stereocenters. The Bertz CT molecular complexity index is 659. The maximum absolute atomic E-state index is 13.7. The smallest absolute Gasteiger partial charge is 0.269 e. The van der Waals surface area contributed by atoms with Crippen molar-refractivity contribution in [3.8, 4) is 5.75 Å². The van der Waals surface area contributed by atoms with Gasteiger partial charge >= 0.3 is 0 Å². The molecular weight excluding hydrogens is 275 g/mol. The van der Waals surface area contributed by atoms with E-state index < -0.39 is 16.8 Å². The van der Waals surface area contributed by atoms with E-state index in [2.05, 4.69) is 0 Å². The third kappa shape index (κ3) is 3.76. The highest BCUT2D eigenvalue weighted by Crippen LogP contribution is 2.22. The van der Waals surface area contributed by atoms with Crippen molar-refractivity contribution in [2.75, 3.05) is 0 Å². The quantitative estimate of drug-likeness (QED) is 0.676. The molecule has 0 fully saturated rings. The van der Waals surface area contributed by atoms with Crippen LogP contribution < -0.4 is 10.5 Å². The number of ether oxygens (including phenoxy) is 1. The molecule has 2 N–H and O–H groups in total. The molecule has 0 bridgehead atoms. The standard InChI is InChI=1S/C15H15FN2O3/c1-10(17)14-6-5-13(8-15(14)16)21-9-11-3-2-4-12(7-11)18(19)20/h2-8,10H,9,17H2,1H3. The van der Waals surface area contributed by atoms with Crippen molar-refractivity contribution in [3.05, 3.63) is 69.5 Å². The van der Waals surface area contributed by atoms with Crippen molar-refractivity contribution < 1.29 is 14.1 Å². The van der Waals surface area contributed by atoms with E-state index in [1.54, 1.807) is 31.2 Å². The average molecular weight is 290 g/mol. The second-order valence-electron chi connectivity index (χ2n) is 4.69. The van der Waals surface area contributed by atoms with Crippen molar-refractivity contribution >= 4 is 5.69 Å². The second kappa shape index (κ2) is 6.32. The molecule has 0 aromatic heterocycles. The Morgan fingerprint density at radius 1 is 1.33 bits per heavy atom. The van der Waals surface area contributed by atoms with Crippen LogP contribution in [0.15, 0.2) is 42.5 Å². The first-order valence-electron chi connectivity index (χ1n) is 6.38. The molecule has 0 aliphatic rings. The number of nitro benzene ring substituents is 1. The minimum Gasteiger partial charge on any atom is -0.489 e. The van der Waals surface area contributed by atoms with Crippen molar-refractivity contribution in [1.82, 2.24) is 0 Å². The number of nitro groups is 1. The Morgan fingerprint density at radius 2 is 2.10 bits per heavy atom. The van der Waals surface area contributed by atoms with Crippen molar-refractivity contribution in [3.63, 3.8) is 0 Å². The second-order valence-corrected chi connectivity index (χ2v) is 4.69. The predicted molar refractivity (Wildman–Crippen MR) is 76.4 cm³/mol. The fourth-order valence-corrected chi connectivity index (χ4v) is 1.89. The van der Waals surface area contributed by atoms with E-state index in [4.69, 9.17) is 10.5 Å². The maximum atomic E-state index is 13.7. The fraction of sp³-hybridized carbons (Fsp3) is 0.200. The van der Waals surface area contributed by atoms with Crippen molar-refractivity contribution in [2.24, 2.45) is 5.73 Å². The van der Waals surface area contributed by atoms with E-state index in [0.29, 0.717) is 16.9 Å². The van der Waals surface area contributed by atoms with Gasteiger partial charge in [-0.3, -0.25) is 10.1 Å². The van der Waals surface area contributed by atoms with Crippen LogP contribution >= 0.6 is 0 Å². The number of benzene rings is 2. The normalized spacial score (nSPS) is 12.0. The summed E-state index contributed by atoms with van der Waals surface area (Å²) in [6.45, 7) is 1.82. The third-order valence-corrected chi connectivity index (χ3v) is 2.99. The van der Waals surface area contributed by atoms with Crippen LogP contribution in [0.5, 0.6) is 5.75 Å². The first-order chi connectivity index (χ1) is 9.97. The summed E-state index contributed by atoms with van der Waals surface area (Å²) in [6.07, 6.45) is 0. The lowest BCUT2D eigenvalue weighted by atomic mass is 10.1. The molecule has 2 aromatic rings. The number of nitrogens with zero attached hydrogens (tertiary/aromatic N) is 1. The van der Waals surface area contributed by atoms with Crippen LogP contribution in [0.3, 0.4) is 0 Å². The molecule has 0 heterocycles. The number of halogens is 1. The molecule has 5 nitrogen and oxygen atoms in total. The van der Waals surface area contributed by atoms with Gasteiger partial charge < -0.3 is 10.5 Å². The van der Waals surface area contributed by atoms with E-state index in [1.807, 2.05) is 0 Å². The molecule has 0 aliphatic heterocycles. The highest BCUT2D eigenvalue weighted by atomic mass is 19.1. The Balaban J connectivity index is 2.08. The molecule has 1 atom stereocenters. The van der Waals surface area contributed by atoms with Crippen LogP contribution in [0, 0.1) is 15.9 Å². The molecule has 0 amide bonds. The summed E-state index contributed by atoms with van der Waals surface area (Å²) in [4.78, 5) is 10.2. The van der Waals surface area contributed by atoms with Gasteiger partial charge in [-0.15, -0.1) is 0 Å². The van der Waals surface area contributed by atoms with E-state index in [1.165, 1.54) is 18.2 Å². The maximum Gasteiger partial charge on any atom is 0.269 e. The third-order valence-electron chi connectivity index (χ3n) is 2.99. The summed E-state index contributed by atoms with van der Waals surface area (Å²) in [7, 11) is 0. The van der Waals surface area contributed by atoms with Gasteiger partial charge in [0.05, 0.1) is 4.92 Å². The largest absolute Gasteiger partial charge is 0.489 e. The van der Waals surface area contributed by atoms with Crippen molar-refractivity contribution in [2.45, 2.75) is 19.6 Å². The van der Waals surface area contributed by atoms with Crippen LogP contribution in [0.1, 0.15) is 24.1 Å². The van der Waals surface area contributed by atoms with Gasteiger partial charge in [-0.05, 0) is 18.6 Å². The van der Waals surface area contributed by atoms with Crippen molar-refractivity contribution in [1.29, 1.82) is 0 Å². The summed E-state index contributed by atoms with van der Waals surface area (Å²) < 4.78 is 19.2. The van der Waals surface area contributed by atoms with Crippen LogP contribution in [0.2, 0.25) is 0 Å². The Labute approximate surface area is 121 Å². The molecule has 0 saturated carbocycles. The van der Waals surface area contributed by atoms with E-state index in [0.717, 1.165) is 0 Å². The zero-order valence-electron chi connectivity index (χ0n) is 11.5. The van der Waals surface area contributed by atoms with Crippen LogP contribution in [-0.2, 0) is 6.61 Å². The molecule has 6 heteroatoms. The molecule has 21 heavy (non-hydrogen) atoms. The van der Waals surface area contributed by atoms with E-state index in [9.17, 15) is 14.5 Å². The SMILES string of the molecule is CC(N)c1ccc(OCc2cccc([N+](=O)[O-])c2)cc1F. The van der Waals surface area contributed by atoms with Crippen LogP contribution in [-0.4, -0.2) is 4.92 Å². The summed E-state index contributed by atoms with van der Waals surface area (Å²) in [6, 6.07) is 10.2. The minimum absolute atomic E-state index is 0.00501. The molecule has 110 valence electrons. The minimum atomic E-state index is -0.472. The Hall–Kier alpha value is -2.47. The van der Waals surface area contributed by atoms with Gasteiger partial charge in [0.1, 0.15) is 18.2 Å². The summed E-state index contributed by atoms with van der Waals surface area (Å²) in [5, 5.41) is 10.7. The van der Waals surface area contributed by atoms with Gasteiger partial charge in [-0.1, -0.05) is 18.2 Å². The van der Waals surface area contributed by atoms with Gasteiger partial charge in [-0.2, -0.15) is 0 Å². The zero-order valence-corrected chi connectivity index (χ0v) is 11.5. The monoisotopic (exact) mass is 290 g/mol. The van der Waals surface area contributed by atoms with E-state index >= 15 is 0 Å². The lowest BCUT2D eigenvalue weighted by molar-refractivity contribution is -0.384. The van der Waals surface area contributed by atoms with Gasteiger partial charge in [0.15, 0.2) is 0 Å². The molecule has 0 radical (unpaired) electrons. The fourth-order valence-electron chi connectivity index (χ4n) is 1.89. The molecule has 0 saturated heterocycles. The number of hydrogen-bond acceptors (Lipinski definition) is 4. The summed E-state index contributed by atoms with van der Waals surface area (Å²) in [5.74, 6) is -0.0788. The van der Waals surface area contributed by atoms with Crippen LogP contribution in [0.25, 0.3) is 0 Å². The molecular formula is C15H15FN2O3. The number of rotatable bonds is 5. The molecule has 0 spiro atoms. The van der Waals surface area contributed by atoms with Crippen LogP contribution in [0.4, 0.5) is 10.1 Å². The van der Waals surface area contributed by atoms with Gasteiger partial charge in [-0.25, -0.2) is 4.39 Å². The Morgan fingerprint density at radius 3 is 2.71 bits per heavy atom. The van der Waals surface area contributed by atoms with Gasteiger partial charge in [0, 0.05) is 29.8 Å². The zero-order chi connectivity index (χ0) is 15.4. The highest BCUT2D eigenvalue weighted by molar-refractivity contribution is 5.35. The first kappa shape index (κ1) is 14.9. The van der Waals surface area contributed by atoms with Gasteiger partial charge in [0.2, 0.25) is 0 Å². The average Bonchev–Trinajstić information content (AvgIpc) is 2.45. The van der Waals surface area contributed by atoms with Gasteiger partial charge in [0.25, 0.3) is 5.69 Å². The molecule has 2 rings (SSSR count). The molecule has 0 aliphatic carbocycles. The number of non-ortho nitro benzene ring substituents is 1. The Kier molecular flexibility index (Phi) is 4.49. The molecule has 2 aromatic carbocycles. The highest BCUT2D eigenvalue weighted by Gasteiger charge is 2.09. The summed E-state index contributed by atoms with van der Waals surface area (Å²) >= 11 is 0. The summed E-state index contributed by atoms with van der Waals surface area (Å²) in [5.41, 5.74) is 6.68. The lowest BCUT2D eigenvalue weighted by Crippen LogP contribution is -2.07. The number of hydrogen-bond donors (Lipinski definition) is 1.